The van der Waals surface area contributed by atoms with E-state index < -0.39 is 0 Å². The van der Waals surface area contributed by atoms with Crippen molar-refractivity contribution in [2.75, 3.05) is 13.2 Å². The van der Waals surface area contributed by atoms with Crippen LogP contribution in [0.25, 0.3) is 5.69 Å². The van der Waals surface area contributed by atoms with E-state index in [9.17, 15) is 4.79 Å². The van der Waals surface area contributed by atoms with Gasteiger partial charge in [-0.1, -0.05) is 42.3 Å². The van der Waals surface area contributed by atoms with E-state index in [0.717, 1.165) is 12.8 Å². The van der Waals surface area contributed by atoms with Gasteiger partial charge < -0.3 is 10.4 Å². The Balaban J connectivity index is 2.00. The van der Waals surface area contributed by atoms with Gasteiger partial charge in [0.25, 0.3) is 5.91 Å². The fraction of sp³-hybridized carbons (Fsp3) is 0.438. The van der Waals surface area contributed by atoms with Crippen molar-refractivity contribution < 1.29 is 9.90 Å². The number of hydrogen-bond donors (Lipinski definition) is 2. The van der Waals surface area contributed by atoms with Crippen LogP contribution in [0.15, 0.2) is 30.5 Å². The highest BCUT2D eigenvalue weighted by Gasteiger charge is 2.14. The van der Waals surface area contributed by atoms with E-state index in [1.165, 1.54) is 4.68 Å². The minimum atomic E-state index is -0.276. The van der Waals surface area contributed by atoms with Gasteiger partial charge in [-0.3, -0.25) is 4.79 Å². The number of aliphatic hydroxyl groups excluding tert-OH is 1. The van der Waals surface area contributed by atoms with E-state index in [2.05, 4.69) is 22.6 Å². The van der Waals surface area contributed by atoms with Crippen LogP contribution >= 0.6 is 11.6 Å². The van der Waals surface area contributed by atoms with E-state index in [4.69, 9.17) is 16.7 Å². The van der Waals surface area contributed by atoms with Gasteiger partial charge in [-0.2, -0.15) is 0 Å². The van der Waals surface area contributed by atoms with Crippen molar-refractivity contribution in [1.29, 1.82) is 0 Å². The first kappa shape index (κ1) is 17.4. The second-order valence-corrected chi connectivity index (χ2v) is 5.78. The summed E-state index contributed by atoms with van der Waals surface area (Å²) < 4.78 is 1.48. The summed E-state index contributed by atoms with van der Waals surface area (Å²) in [6.07, 6.45) is 4.22. The predicted octanol–water partition coefficient (Wildman–Crippen LogP) is 2.45. The summed E-state index contributed by atoms with van der Waals surface area (Å²) >= 11 is 6.11. The molecule has 1 atom stereocenters. The van der Waals surface area contributed by atoms with Crippen LogP contribution in [0, 0.1) is 5.92 Å². The molecule has 0 aliphatic carbocycles. The van der Waals surface area contributed by atoms with Crippen molar-refractivity contribution in [3.8, 4) is 5.69 Å². The molecule has 0 saturated heterocycles. The molecule has 7 heteroatoms. The van der Waals surface area contributed by atoms with E-state index in [1.54, 1.807) is 18.3 Å². The zero-order chi connectivity index (χ0) is 16.7. The molecule has 23 heavy (non-hydrogen) atoms. The van der Waals surface area contributed by atoms with Crippen LogP contribution in [0.2, 0.25) is 5.02 Å². The molecule has 0 aliphatic heterocycles. The third-order valence-electron chi connectivity index (χ3n) is 3.61. The molecule has 0 fully saturated rings. The Morgan fingerprint density at radius 3 is 2.87 bits per heavy atom. The number of rotatable bonds is 8. The number of hydrogen-bond acceptors (Lipinski definition) is 4. The molecular weight excluding hydrogens is 316 g/mol. The lowest BCUT2D eigenvalue weighted by Gasteiger charge is -2.14. The third-order valence-corrected chi connectivity index (χ3v) is 3.93. The average Bonchev–Trinajstić information content (AvgIpc) is 3.03. The Hall–Kier alpha value is -1.92. The summed E-state index contributed by atoms with van der Waals surface area (Å²) in [7, 11) is 0. The normalized spacial score (nSPS) is 12.1. The maximum Gasteiger partial charge on any atom is 0.273 e. The molecule has 0 aliphatic rings. The highest BCUT2D eigenvalue weighted by Crippen LogP contribution is 2.18. The Labute approximate surface area is 140 Å². The molecule has 1 heterocycles. The number of benzene rings is 1. The van der Waals surface area contributed by atoms with Gasteiger partial charge in [0.1, 0.15) is 0 Å². The number of nitrogens with zero attached hydrogens (tertiary/aromatic N) is 3. The maximum absolute atomic E-state index is 12.2. The standard InChI is InChI=1S/C16H21ClN4O2/c1-2-5-12(8-9-22)10-18-16(23)14-11-21(20-19-14)15-7-4-3-6-13(15)17/h3-4,6-7,11-12,22H,2,5,8-10H2,1H3,(H,18,23). The Bertz CT molecular complexity index is 639. The lowest BCUT2D eigenvalue weighted by molar-refractivity contribution is 0.0938. The molecule has 0 spiro atoms. The molecule has 2 N–H and O–H groups in total. The first-order valence-electron chi connectivity index (χ1n) is 7.72. The molecule has 1 aromatic heterocycles. The highest BCUT2D eigenvalue weighted by molar-refractivity contribution is 6.32. The summed E-state index contributed by atoms with van der Waals surface area (Å²) in [6, 6.07) is 7.22. The largest absolute Gasteiger partial charge is 0.396 e. The number of amides is 1. The quantitative estimate of drug-likeness (QED) is 0.776. The van der Waals surface area contributed by atoms with Crippen molar-refractivity contribution in [2.45, 2.75) is 26.2 Å². The fourth-order valence-electron chi connectivity index (χ4n) is 2.39. The molecule has 2 rings (SSSR count). The molecule has 0 bridgehead atoms. The SMILES string of the molecule is CCCC(CCO)CNC(=O)c1cn(-c2ccccc2Cl)nn1. The lowest BCUT2D eigenvalue weighted by Crippen LogP contribution is -2.30. The first-order chi connectivity index (χ1) is 11.2. The molecule has 1 unspecified atom stereocenters. The molecular formula is C16H21ClN4O2. The Kier molecular flexibility index (Phi) is 6.55. The summed E-state index contributed by atoms with van der Waals surface area (Å²) in [5.74, 6) is -0.00471. The highest BCUT2D eigenvalue weighted by atomic mass is 35.5. The second-order valence-electron chi connectivity index (χ2n) is 5.38. The number of nitrogens with one attached hydrogen (secondary N) is 1. The van der Waals surface area contributed by atoms with Gasteiger partial charge in [-0.25, -0.2) is 4.68 Å². The first-order valence-corrected chi connectivity index (χ1v) is 8.09. The predicted molar refractivity (Wildman–Crippen MR) is 88.8 cm³/mol. The van der Waals surface area contributed by atoms with Gasteiger partial charge >= 0.3 is 0 Å². The van der Waals surface area contributed by atoms with Crippen LogP contribution in [0.3, 0.4) is 0 Å². The fourth-order valence-corrected chi connectivity index (χ4v) is 2.61. The molecule has 0 saturated carbocycles. The second kappa shape index (κ2) is 8.64. The topological polar surface area (TPSA) is 80.0 Å². The summed E-state index contributed by atoms with van der Waals surface area (Å²) in [4.78, 5) is 12.2. The molecule has 1 aromatic carbocycles. The molecule has 1 amide bonds. The summed E-state index contributed by atoms with van der Waals surface area (Å²) in [5.41, 5.74) is 0.911. The van der Waals surface area contributed by atoms with Gasteiger partial charge in [0, 0.05) is 13.2 Å². The minimum absolute atomic E-state index is 0.128. The molecule has 2 aromatic rings. The van der Waals surface area contributed by atoms with Crippen molar-refractivity contribution in [3.05, 3.63) is 41.2 Å². The third kappa shape index (κ3) is 4.77. The minimum Gasteiger partial charge on any atom is -0.396 e. The van der Waals surface area contributed by atoms with Gasteiger partial charge in [0.05, 0.1) is 16.9 Å². The van der Waals surface area contributed by atoms with Crippen molar-refractivity contribution in [1.82, 2.24) is 20.3 Å². The average molecular weight is 337 g/mol. The monoisotopic (exact) mass is 336 g/mol. The Morgan fingerprint density at radius 2 is 2.17 bits per heavy atom. The zero-order valence-corrected chi connectivity index (χ0v) is 13.8. The molecule has 6 nitrogen and oxygen atoms in total. The smallest absolute Gasteiger partial charge is 0.273 e. The van der Waals surface area contributed by atoms with Crippen molar-refractivity contribution >= 4 is 17.5 Å². The van der Waals surface area contributed by atoms with E-state index in [1.807, 2.05) is 12.1 Å². The lowest BCUT2D eigenvalue weighted by atomic mass is 10.0. The van der Waals surface area contributed by atoms with Crippen LogP contribution < -0.4 is 5.32 Å². The van der Waals surface area contributed by atoms with Crippen LogP contribution in [0.1, 0.15) is 36.7 Å². The number of aromatic nitrogens is 3. The zero-order valence-electron chi connectivity index (χ0n) is 13.1. The molecule has 0 radical (unpaired) electrons. The Morgan fingerprint density at radius 1 is 1.39 bits per heavy atom. The van der Waals surface area contributed by atoms with Crippen LogP contribution in [0.4, 0.5) is 0 Å². The van der Waals surface area contributed by atoms with Crippen LogP contribution in [-0.4, -0.2) is 39.2 Å². The molecule has 124 valence electrons. The van der Waals surface area contributed by atoms with Gasteiger partial charge in [0.2, 0.25) is 0 Å². The number of carbonyl (C=O) groups excluding carboxylic acids is 1. The van der Waals surface area contributed by atoms with Crippen LogP contribution in [0.5, 0.6) is 0 Å². The van der Waals surface area contributed by atoms with Crippen molar-refractivity contribution in [2.24, 2.45) is 5.92 Å². The van der Waals surface area contributed by atoms with Gasteiger partial charge in [-0.15, -0.1) is 5.10 Å². The van der Waals surface area contributed by atoms with Gasteiger partial charge in [-0.05, 0) is 30.9 Å². The van der Waals surface area contributed by atoms with E-state index >= 15 is 0 Å². The van der Waals surface area contributed by atoms with E-state index in [0.29, 0.717) is 23.7 Å². The van der Waals surface area contributed by atoms with Crippen LogP contribution in [-0.2, 0) is 0 Å². The number of carbonyl (C=O) groups is 1. The van der Waals surface area contributed by atoms with Crippen molar-refractivity contribution in [3.63, 3.8) is 0 Å². The van der Waals surface area contributed by atoms with E-state index in [-0.39, 0.29) is 24.1 Å². The number of para-hydroxylation sites is 1. The number of halogens is 1. The maximum atomic E-state index is 12.2. The summed E-state index contributed by atoms with van der Waals surface area (Å²) in [5, 5.41) is 20.3. The summed E-state index contributed by atoms with van der Waals surface area (Å²) in [6.45, 7) is 2.73. The number of aliphatic hydroxyl groups is 1. The van der Waals surface area contributed by atoms with Gasteiger partial charge in [0.15, 0.2) is 5.69 Å².